The van der Waals surface area contributed by atoms with E-state index in [0.29, 0.717) is 6.42 Å². The SMILES string of the molecule is Cc1cc2c(cc1C)SC(CCC(=O)O)C(=O)N2. The number of carboxylic acids is 1. The molecule has 1 aromatic rings. The molecule has 0 fully saturated rings. The van der Waals surface area contributed by atoms with Crippen molar-refractivity contribution in [2.75, 3.05) is 5.32 Å². The molecule has 0 aliphatic carbocycles. The number of thioether (sulfide) groups is 1. The van der Waals surface area contributed by atoms with E-state index in [9.17, 15) is 9.59 Å². The summed E-state index contributed by atoms with van der Waals surface area (Å²) in [5, 5.41) is 11.2. The van der Waals surface area contributed by atoms with Gasteiger partial charge < -0.3 is 10.4 Å². The summed E-state index contributed by atoms with van der Waals surface area (Å²) in [7, 11) is 0. The fourth-order valence-electron chi connectivity index (χ4n) is 1.85. The second kappa shape index (κ2) is 5.02. The molecule has 4 nitrogen and oxygen atoms in total. The van der Waals surface area contributed by atoms with Crippen LogP contribution in [0.3, 0.4) is 0 Å². The van der Waals surface area contributed by atoms with Gasteiger partial charge in [0, 0.05) is 11.3 Å². The topological polar surface area (TPSA) is 66.4 Å². The molecule has 1 aromatic carbocycles. The summed E-state index contributed by atoms with van der Waals surface area (Å²) in [6, 6.07) is 4.01. The number of hydrogen-bond acceptors (Lipinski definition) is 3. The molecule has 0 saturated heterocycles. The summed E-state index contributed by atoms with van der Waals surface area (Å²) in [4.78, 5) is 23.4. The van der Waals surface area contributed by atoms with Gasteiger partial charge in [0.25, 0.3) is 0 Å². The van der Waals surface area contributed by atoms with E-state index in [2.05, 4.69) is 5.32 Å². The number of aryl methyl sites for hydroxylation is 2. The molecule has 0 aromatic heterocycles. The molecule has 1 amide bonds. The second-order valence-electron chi connectivity index (χ2n) is 4.46. The van der Waals surface area contributed by atoms with Crippen molar-refractivity contribution in [3.8, 4) is 0 Å². The van der Waals surface area contributed by atoms with Gasteiger partial charge in [0.15, 0.2) is 0 Å². The van der Waals surface area contributed by atoms with Gasteiger partial charge in [0.1, 0.15) is 0 Å². The molecule has 18 heavy (non-hydrogen) atoms. The Morgan fingerprint density at radius 1 is 1.39 bits per heavy atom. The Bertz CT molecular complexity index is 513. The number of carbonyl (C=O) groups excluding carboxylic acids is 1. The summed E-state index contributed by atoms with van der Waals surface area (Å²) in [5.74, 6) is -0.966. The lowest BCUT2D eigenvalue weighted by molar-refractivity contribution is -0.137. The first-order valence-electron chi connectivity index (χ1n) is 5.78. The Kier molecular flexibility index (Phi) is 3.61. The molecule has 0 saturated carbocycles. The Morgan fingerprint density at radius 2 is 2.06 bits per heavy atom. The Labute approximate surface area is 110 Å². The number of amides is 1. The minimum Gasteiger partial charge on any atom is -0.481 e. The fourth-order valence-corrected chi connectivity index (χ4v) is 3.04. The molecule has 0 bridgehead atoms. The third-order valence-corrected chi connectivity index (χ3v) is 4.36. The molecule has 5 heteroatoms. The quantitative estimate of drug-likeness (QED) is 0.881. The van der Waals surface area contributed by atoms with Crippen molar-refractivity contribution >= 4 is 29.3 Å². The standard InChI is InChI=1S/C13H15NO3S/c1-7-5-9-11(6-8(7)2)18-10(13(17)14-9)3-4-12(15)16/h5-6,10H,3-4H2,1-2H3,(H,14,17)(H,15,16). The zero-order chi connectivity index (χ0) is 13.3. The first-order chi connectivity index (χ1) is 8.47. The van der Waals surface area contributed by atoms with Crippen molar-refractivity contribution in [2.45, 2.75) is 36.8 Å². The second-order valence-corrected chi connectivity index (χ2v) is 5.71. The normalized spacial score (nSPS) is 18.1. The molecule has 96 valence electrons. The van der Waals surface area contributed by atoms with Gasteiger partial charge >= 0.3 is 5.97 Å². The van der Waals surface area contributed by atoms with Crippen LogP contribution in [0.1, 0.15) is 24.0 Å². The summed E-state index contributed by atoms with van der Waals surface area (Å²) in [6.07, 6.45) is 0.378. The molecule has 1 atom stereocenters. The van der Waals surface area contributed by atoms with Crippen LogP contribution in [-0.4, -0.2) is 22.2 Å². The highest BCUT2D eigenvalue weighted by molar-refractivity contribution is 8.01. The predicted octanol–water partition coefficient (Wildman–Crippen LogP) is 2.58. The van der Waals surface area contributed by atoms with E-state index in [1.54, 1.807) is 0 Å². The maximum atomic E-state index is 11.8. The van der Waals surface area contributed by atoms with Gasteiger partial charge in [0.2, 0.25) is 5.91 Å². The van der Waals surface area contributed by atoms with Crippen LogP contribution >= 0.6 is 11.8 Å². The van der Waals surface area contributed by atoms with Crippen LogP contribution in [-0.2, 0) is 9.59 Å². The minimum absolute atomic E-state index is 0.0191. The molecular weight excluding hydrogens is 250 g/mol. The number of rotatable bonds is 3. The molecule has 2 N–H and O–H groups in total. The predicted molar refractivity (Wildman–Crippen MR) is 71.1 cm³/mol. The smallest absolute Gasteiger partial charge is 0.303 e. The molecule has 1 aliphatic heterocycles. The van der Waals surface area contributed by atoms with E-state index in [1.807, 2.05) is 26.0 Å². The number of aliphatic carboxylic acids is 1. The van der Waals surface area contributed by atoms with Crippen LogP contribution < -0.4 is 5.32 Å². The van der Waals surface area contributed by atoms with E-state index in [0.717, 1.165) is 16.1 Å². The summed E-state index contributed by atoms with van der Waals surface area (Å²) in [5.41, 5.74) is 3.15. The molecule has 0 radical (unpaired) electrons. The molecule has 1 unspecified atom stereocenters. The maximum Gasteiger partial charge on any atom is 0.303 e. The van der Waals surface area contributed by atoms with Crippen molar-refractivity contribution in [1.82, 2.24) is 0 Å². The monoisotopic (exact) mass is 265 g/mol. The van der Waals surface area contributed by atoms with Crippen LogP contribution in [0.15, 0.2) is 17.0 Å². The van der Waals surface area contributed by atoms with Crippen LogP contribution in [0, 0.1) is 13.8 Å². The van der Waals surface area contributed by atoms with Crippen LogP contribution in [0.2, 0.25) is 0 Å². The van der Waals surface area contributed by atoms with Gasteiger partial charge in [-0.25, -0.2) is 0 Å². The molecule has 2 rings (SSSR count). The van der Waals surface area contributed by atoms with Gasteiger partial charge in [-0.2, -0.15) is 0 Å². The molecule has 0 spiro atoms. The zero-order valence-corrected chi connectivity index (χ0v) is 11.1. The summed E-state index contributed by atoms with van der Waals surface area (Å²) >= 11 is 1.45. The highest BCUT2D eigenvalue weighted by Gasteiger charge is 2.27. The largest absolute Gasteiger partial charge is 0.481 e. The van der Waals surface area contributed by atoms with E-state index >= 15 is 0 Å². The summed E-state index contributed by atoms with van der Waals surface area (Å²) < 4.78 is 0. The van der Waals surface area contributed by atoms with E-state index in [-0.39, 0.29) is 17.6 Å². The third-order valence-electron chi connectivity index (χ3n) is 3.04. The third kappa shape index (κ3) is 2.67. The lowest BCUT2D eigenvalue weighted by Crippen LogP contribution is -2.29. The minimum atomic E-state index is -0.866. The van der Waals surface area contributed by atoms with Crippen LogP contribution in [0.25, 0.3) is 0 Å². The Hall–Kier alpha value is -1.49. The Morgan fingerprint density at radius 3 is 2.72 bits per heavy atom. The number of benzene rings is 1. The van der Waals surface area contributed by atoms with Gasteiger partial charge in [-0.1, -0.05) is 0 Å². The average Bonchev–Trinajstić information content (AvgIpc) is 2.29. The number of carbonyl (C=O) groups is 2. The molecule has 1 heterocycles. The molecular formula is C13H15NO3S. The molecule has 1 aliphatic rings. The van der Waals surface area contributed by atoms with E-state index < -0.39 is 5.97 Å². The number of carboxylic acid groups (broad SMARTS) is 1. The Balaban J connectivity index is 2.19. The average molecular weight is 265 g/mol. The van der Waals surface area contributed by atoms with E-state index in [1.165, 1.54) is 17.3 Å². The van der Waals surface area contributed by atoms with Gasteiger partial charge in [0.05, 0.1) is 10.9 Å². The highest BCUT2D eigenvalue weighted by atomic mass is 32.2. The van der Waals surface area contributed by atoms with Crippen molar-refractivity contribution in [3.05, 3.63) is 23.3 Å². The lowest BCUT2D eigenvalue weighted by atomic mass is 10.1. The van der Waals surface area contributed by atoms with Gasteiger partial charge in [-0.3, -0.25) is 9.59 Å². The number of anilines is 1. The number of nitrogens with one attached hydrogen (secondary N) is 1. The fraction of sp³-hybridized carbons (Fsp3) is 0.385. The van der Waals surface area contributed by atoms with Crippen molar-refractivity contribution in [3.63, 3.8) is 0 Å². The van der Waals surface area contributed by atoms with Crippen molar-refractivity contribution < 1.29 is 14.7 Å². The number of fused-ring (bicyclic) bond motifs is 1. The maximum absolute atomic E-state index is 11.8. The lowest BCUT2D eigenvalue weighted by Gasteiger charge is -2.24. The van der Waals surface area contributed by atoms with Crippen molar-refractivity contribution in [2.24, 2.45) is 0 Å². The van der Waals surface area contributed by atoms with Crippen LogP contribution in [0.4, 0.5) is 5.69 Å². The first kappa shape index (κ1) is 13.0. The van der Waals surface area contributed by atoms with Crippen molar-refractivity contribution in [1.29, 1.82) is 0 Å². The zero-order valence-electron chi connectivity index (χ0n) is 10.3. The van der Waals surface area contributed by atoms with Crippen LogP contribution in [0.5, 0.6) is 0 Å². The number of hydrogen-bond donors (Lipinski definition) is 2. The van der Waals surface area contributed by atoms with Gasteiger partial charge in [-0.05, 0) is 43.5 Å². The summed E-state index contributed by atoms with van der Waals surface area (Å²) in [6.45, 7) is 4.03. The van der Waals surface area contributed by atoms with Gasteiger partial charge in [-0.15, -0.1) is 11.8 Å². The first-order valence-corrected chi connectivity index (χ1v) is 6.66. The highest BCUT2D eigenvalue weighted by Crippen LogP contribution is 2.38. The van der Waals surface area contributed by atoms with E-state index in [4.69, 9.17) is 5.11 Å².